The predicted molar refractivity (Wildman–Crippen MR) is 113 cm³/mol. The molecule has 1 aromatic heterocycles. The highest BCUT2D eigenvalue weighted by Crippen LogP contribution is 2.39. The molecule has 2 aliphatic rings. The first-order valence-corrected chi connectivity index (χ1v) is 12.2. The molecule has 1 aliphatic carbocycles. The van der Waals surface area contributed by atoms with Gasteiger partial charge in [-0.05, 0) is 44.0 Å². The van der Waals surface area contributed by atoms with Gasteiger partial charge in [0.2, 0.25) is 15.9 Å². The van der Waals surface area contributed by atoms with Crippen LogP contribution in [0.15, 0.2) is 34.3 Å². The minimum atomic E-state index is -3.55. The second-order valence-corrected chi connectivity index (χ2v) is 10.7. The van der Waals surface area contributed by atoms with Gasteiger partial charge in [0, 0.05) is 31.7 Å². The zero-order valence-electron chi connectivity index (χ0n) is 16.9. The van der Waals surface area contributed by atoms with Crippen LogP contribution >= 0.6 is 11.8 Å². The van der Waals surface area contributed by atoms with Crippen molar-refractivity contribution in [1.29, 1.82) is 0 Å². The van der Waals surface area contributed by atoms with Crippen molar-refractivity contribution in [2.24, 2.45) is 7.05 Å². The number of carbonyl (C=O) groups is 1. The third-order valence-electron chi connectivity index (χ3n) is 5.19. The molecule has 0 bridgehead atoms. The molecule has 2 fully saturated rings. The first-order valence-electron chi connectivity index (χ1n) is 9.91. The largest absolute Gasteiger partial charge is 0.379 e. The molecule has 9 nitrogen and oxygen atoms in total. The van der Waals surface area contributed by atoms with Crippen LogP contribution in [0.3, 0.4) is 0 Å². The molecule has 0 radical (unpaired) electrons. The highest BCUT2D eigenvalue weighted by atomic mass is 32.2. The smallest absolute Gasteiger partial charge is 0.243 e. The monoisotopic (exact) mass is 451 g/mol. The summed E-state index contributed by atoms with van der Waals surface area (Å²) in [5.41, 5.74) is 0.546. The standard InChI is InChI=1S/C19H25N5O4S2/c1-13(29-19-22-21-17(23(19)2)14-3-4-14)18(25)20-15-5-7-16(8-6-15)30(26,27)24-9-11-28-12-10-24/h5-8,13-14H,3-4,9-12H2,1-2H3,(H,20,25). The van der Waals surface area contributed by atoms with Crippen molar-refractivity contribution in [3.8, 4) is 0 Å². The van der Waals surface area contributed by atoms with Crippen LogP contribution in [0.5, 0.6) is 0 Å². The first-order chi connectivity index (χ1) is 14.4. The molecule has 1 unspecified atom stereocenters. The third kappa shape index (κ3) is 4.53. The predicted octanol–water partition coefficient (Wildman–Crippen LogP) is 1.83. The number of anilines is 1. The Bertz CT molecular complexity index is 1010. The highest BCUT2D eigenvalue weighted by molar-refractivity contribution is 8.00. The lowest BCUT2D eigenvalue weighted by molar-refractivity contribution is -0.115. The van der Waals surface area contributed by atoms with E-state index in [4.69, 9.17) is 4.74 Å². The van der Waals surface area contributed by atoms with E-state index in [1.165, 1.54) is 28.2 Å². The summed E-state index contributed by atoms with van der Waals surface area (Å²) >= 11 is 1.35. The fourth-order valence-electron chi connectivity index (χ4n) is 3.23. The number of aromatic nitrogens is 3. The van der Waals surface area contributed by atoms with E-state index < -0.39 is 10.0 Å². The normalized spacial score (nSPS) is 18.9. The lowest BCUT2D eigenvalue weighted by atomic mass is 10.3. The van der Waals surface area contributed by atoms with E-state index >= 15 is 0 Å². The third-order valence-corrected chi connectivity index (χ3v) is 8.24. The topological polar surface area (TPSA) is 106 Å². The number of amides is 1. The Balaban J connectivity index is 1.37. The fraction of sp³-hybridized carbons (Fsp3) is 0.526. The molecule has 1 saturated carbocycles. The molecule has 2 heterocycles. The second-order valence-electron chi connectivity index (χ2n) is 7.46. The zero-order chi connectivity index (χ0) is 21.3. The number of rotatable bonds is 7. The Hall–Kier alpha value is -1.95. The van der Waals surface area contributed by atoms with Crippen LogP contribution in [0.1, 0.15) is 31.5 Å². The Morgan fingerprint density at radius 3 is 2.50 bits per heavy atom. The molecule has 162 valence electrons. The number of carbonyl (C=O) groups excluding carboxylic acids is 1. The number of morpholine rings is 1. The number of nitrogens with zero attached hydrogens (tertiary/aromatic N) is 4. The summed E-state index contributed by atoms with van der Waals surface area (Å²) in [5, 5.41) is 11.6. The molecule has 11 heteroatoms. The number of thioether (sulfide) groups is 1. The van der Waals surface area contributed by atoms with E-state index in [1.54, 1.807) is 12.1 Å². The summed E-state index contributed by atoms with van der Waals surface area (Å²) < 4.78 is 34.0. The lowest BCUT2D eigenvalue weighted by Crippen LogP contribution is -2.40. The molecule has 4 rings (SSSR count). The number of benzene rings is 1. The fourth-order valence-corrected chi connectivity index (χ4v) is 5.46. The number of ether oxygens (including phenoxy) is 1. The van der Waals surface area contributed by atoms with Crippen molar-refractivity contribution in [3.63, 3.8) is 0 Å². The molecule has 0 spiro atoms. The van der Waals surface area contributed by atoms with Crippen molar-refractivity contribution < 1.29 is 17.9 Å². The molecule has 30 heavy (non-hydrogen) atoms. The Kier molecular flexibility index (Phi) is 6.14. The summed E-state index contributed by atoms with van der Waals surface area (Å²) in [6, 6.07) is 6.25. The van der Waals surface area contributed by atoms with E-state index in [2.05, 4.69) is 15.5 Å². The quantitative estimate of drug-likeness (QED) is 0.640. The Morgan fingerprint density at radius 1 is 1.20 bits per heavy atom. The van der Waals surface area contributed by atoms with Gasteiger partial charge in [-0.15, -0.1) is 10.2 Å². The van der Waals surface area contributed by atoms with Crippen LogP contribution in [0.25, 0.3) is 0 Å². The van der Waals surface area contributed by atoms with E-state index in [-0.39, 0.29) is 16.1 Å². The van der Waals surface area contributed by atoms with Crippen LogP contribution in [0.4, 0.5) is 5.69 Å². The van der Waals surface area contributed by atoms with Gasteiger partial charge in [0.05, 0.1) is 23.4 Å². The average Bonchev–Trinajstić information content (AvgIpc) is 3.53. The van der Waals surface area contributed by atoms with Gasteiger partial charge >= 0.3 is 0 Å². The van der Waals surface area contributed by atoms with Crippen molar-refractivity contribution in [3.05, 3.63) is 30.1 Å². The molecule has 1 atom stereocenters. The Morgan fingerprint density at radius 2 is 1.87 bits per heavy atom. The molecule has 1 amide bonds. The minimum absolute atomic E-state index is 0.181. The van der Waals surface area contributed by atoms with Crippen molar-refractivity contribution in [2.45, 2.75) is 41.0 Å². The molecular formula is C19H25N5O4S2. The maximum absolute atomic E-state index is 12.7. The average molecular weight is 452 g/mol. The number of hydrogen-bond acceptors (Lipinski definition) is 7. The summed E-state index contributed by atoms with van der Waals surface area (Å²) in [5.74, 6) is 1.29. The summed E-state index contributed by atoms with van der Waals surface area (Å²) in [6.07, 6.45) is 2.29. The van der Waals surface area contributed by atoms with E-state index in [0.717, 1.165) is 18.7 Å². The SMILES string of the molecule is CC(Sc1nnc(C2CC2)n1C)C(=O)Nc1ccc(S(=O)(=O)N2CCOCC2)cc1. The number of hydrogen-bond donors (Lipinski definition) is 1. The van der Waals surface area contributed by atoms with Crippen molar-refractivity contribution in [2.75, 3.05) is 31.6 Å². The maximum atomic E-state index is 12.7. The lowest BCUT2D eigenvalue weighted by Gasteiger charge is -2.26. The summed E-state index contributed by atoms with van der Waals surface area (Å²) in [7, 11) is -1.63. The number of nitrogens with one attached hydrogen (secondary N) is 1. The van der Waals surface area contributed by atoms with Gasteiger partial charge in [0.15, 0.2) is 5.16 Å². The van der Waals surface area contributed by atoms with Gasteiger partial charge in [-0.1, -0.05) is 11.8 Å². The van der Waals surface area contributed by atoms with Crippen LogP contribution in [0, 0.1) is 0 Å². The van der Waals surface area contributed by atoms with Gasteiger partial charge in [-0.25, -0.2) is 8.42 Å². The maximum Gasteiger partial charge on any atom is 0.243 e. The second kappa shape index (κ2) is 8.66. The number of sulfonamides is 1. The van der Waals surface area contributed by atoms with Crippen LogP contribution in [-0.4, -0.2) is 64.9 Å². The highest BCUT2D eigenvalue weighted by Gasteiger charge is 2.30. The molecule has 2 aromatic rings. The van der Waals surface area contributed by atoms with Gasteiger partial charge in [0.25, 0.3) is 0 Å². The van der Waals surface area contributed by atoms with Gasteiger partial charge in [0.1, 0.15) is 5.82 Å². The Labute approximate surface area is 180 Å². The molecule has 1 aliphatic heterocycles. The van der Waals surface area contributed by atoms with Crippen LogP contribution in [-0.2, 0) is 26.6 Å². The molecule has 1 aromatic carbocycles. The van der Waals surface area contributed by atoms with Gasteiger partial charge in [-0.2, -0.15) is 4.31 Å². The molecule has 1 saturated heterocycles. The summed E-state index contributed by atoms with van der Waals surface area (Å²) in [4.78, 5) is 12.8. The molecular weight excluding hydrogens is 426 g/mol. The van der Waals surface area contributed by atoms with Gasteiger partial charge in [-0.3, -0.25) is 4.79 Å². The van der Waals surface area contributed by atoms with Gasteiger partial charge < -0.3 is 14.6 Å². The van der Waals surface area contributed by atoms with E-state index in [9.17, 15) is 13.2 Å². The van der Waals surface area contributed by atoms with Crippen LogP contribution < -0.4 is 5.32 Å². The minimum Gasteiger partial charge on any atom is -0.379 e. The molecule has 1 N–H and O–H groups in total. The summed E-state index contributed by atoms with van der Waals surface area (Å²) in [6.45, 7) is 3.30. The van der Waals surface area contributed by atoms with Crippen molar-refractivity contribution >= 4 is 33.4 Å². The van der Waals surface area contributed by atoms with Crippen molar-refractivity contribution in [1.82, 2.24) is 19.1 Å². The van der Waals surface area contributed by atoms with Crippen LogP contribution in [0.2, 0.25) is 0 Å². The van der Waals surface area contributed by atoms with E-state index in [0.29, 0.717) is 43.1 Å². The first kappa shape index (κ1) is 21.3. The zero-order valence-corrected chi connectivity index (χ0v) is 18.6. The van der Waals surface area contributed by atoms with E-state index in [1.807, 2.05) is 18.5 Å².